The zero-order chi connectivity index (χ0) is 7.61. The van der Waals surface area contributed by atoms with E-state index in [-0.39, 0.29) is 0 Å². The average molecular weight is 142 g/mol. The summed E-state index contributed by atoms with van der Waals surface area (Å²) in [4.78, 5) is 0. The Hall–Kier alpha value is -0.0800. The second-order valence-electron chi connectivity index (χ2n) is 3.54. The molecule has 1 unspecified atom stereocenters. The van der Waals surface area contributed by atoms with Gasteiger partial charge in [0.1, 0.15) is 0 Å². The van der Waals surface area contributed by atoms with Gasteiger partial charge in [-0.3, -0.25) is 5.84 Å². The molecule has 0 spiro atoms. The van der Waals surface area contributed by atoms with Crippen molar-refractivity contribution < 1.29 is 0 Å². The van der Waals surface area contributed by atoms with Crippen LogP contribution in [0.25, 0.3) is 0 Å². The van der Waals surface area contributed by atoms with Crippen LogP contribution >= 0.6 is 0 Å². The van der Waals surface area contributed by atoms with E-state index in [1.807, 2.05) is 5.01 Å². The molecular weight excluding hydrogens is 124 g/mol. The van der Waals surface area contributed by atoms with Crippen molar-refractivity contribution in [3.05, 3.63) is 0 Å². The van der Waals surface area contributed by atoms with Crippen LogP contribution < -0.4 is 5.84 Å². The number of hydrazine groups is 1. The zero-order valence-corrected chi connectivity index (χ0v) is 7.06. The van der Waals surface area contributed by atoms with Crippen LogP contribution in [0.4, 0.5) is 0 Å². The summed E-state index contributed by atoms with van der Waals surface area (Å²) in [6.07, 6.45) is 5.03. The highest BCUT2D eigenvalue weighted by atomic mass is 15.4. The van der Waals surface area contributed by atoms with Crippen molar-refractivity contribution in [2.75, 3.05) is 6.54 Å². The van der Waals surface area contributed by atoms with E-state index in [1.165, 1.54) is 25.7 Å². The Balaban J connectivity index is 2.48. The van der Waals surface area contributed by atoms with Gasteiger partial charge in [-0.1, -0.05) is 13.3 Å². The number of nitrogens with two attached hydrogens (primary N) is 1. The van der Waals surface area contributed by atoms with E-state index in [9.17, 15) is 0 Å². The van der Waals surface area contributed by atoms with E-state index in [0.29, 0.717) is 5.54 Å². The highest BCUT2D eigenvalue weighted by Gasteiger charge is 2.33. The van der Waals surface area contributed by atoms with Gasteiger partial charge in [0.15, 0.2) is 0 Å². The summed E-state index contributed by atoms with van der Waals surface area (Å²) < 4.78 is 0. The lowest BCUT2D eigenvalue weighted by Crippen LogP contribution is -2.45. The lowest BCUT2D eigenvalue weighted by Gasteiger charge is -2.31. The molecule has 2 nitrogen and oxygen atoms in total. The smallest absolute Gasteiger partial charge is 0.0324 e. The zero-order valence-electron chi connectivity index (χ0n) is 7.06. The molecule has 1 aliphatic heterocycles. The van der Waals surface area contributed by atoms with E-state index in [2.05, 4.69) is 13.8 Å². The Kier molecular flexibility index (Phi) is 2.32. The molecule has 10 heavy (non-hydrogen) atoms. The number of nitrogens with zero attached hydrogens (tertiary/aromatic N) is 1. The van der Waals surface area contributed by atoms with Crippen molar-refractivity contribution in [3.63, 3.8) is 0 Å². The van der Waals surface area contributed by atoms with Crippen molar-refractivity contribution in [1.82, 2.24) is 5.01 Å². The SMILES string of the molecule is CCCC1(C)CCCN1N. The summed E-state index contributed by atoms with van der Waals surface area (Å²) in [5, 5.41) is 2.01. The Morgan fingerprint density at radius 1 is 1.60 bits per heavy atom. The Morgan fingerprint density at radius 3 is 2.70 bits per heavy atom. The van der Waals surface area contributed by atoms with E-state index in [0.717, 1.165) is 6.54 Å². The minimum absolute atomic E-state index is 0.314. The lowest BCUT2D eigenvalue weighted by molar-refractivity contribution is 0.146. The standard InChI is InChI=1S/C8H18N2/c1-3-5-8(2)6-4-7-10(8)9/h3-7,9H2,1-2H3. The molecule has 0 aromatic heterocycles. The van der Waals surface area contributed by atoms with Crippen LogP contribution in [0.2, 0.25) is 0 Å². The van der Waals surface area contributed by atoms with Crippen LogP contribution in [0.15, 0.2) is 0 Å². The molecule has 1 saturated heterocycles. The summed E-state index contributed by atoms with van der Waals surface area (Å²) in [6.45, 7) is 5.57. The van der Waals surface area contributed by atoms with Crippen molar-refractivity contribution in [2.45, 2.75) is 45.1 Å². The molecule has 60 valence electrons. The molecule has 0 aromatic carbocycles. The molecule has 1 heterocycles. The van der Waals surface area contributed by atoms with Crippen LogP contribution in [0.5, 0.6) is 0 Å². The van der Waals surface area contributed by atoms with Gasteiger partial charge in [-0.05, 0) is 26.2 Å². The first-order valence-electron chi connectivity index (χ1n) is 4.21. The van der Waals surface area contributed by atoms with E-state index < -0.39 is 0 Å². The van der Waals surface area contributed by atoms with Crippen molar-refractivity contribution in [1.29, 1.82) is 0 Å². The van der Waals surface area contributed by atoms with Gasteiger partial charge in [-0.25, -0.2) is 5.01 Å². The van der Waals surface area contributed by atoms with Crippen LogP contribution in [0.3, 0.4) is 0 Å². The van der Waals surface area contributed by atoms with Gasteiger partial charge in [-0.15, -0.1) is 0 Å². The third kappa shape index (κ3) is 1.32. The molecular formula is C8H18N2. The van der Waals surface area contributed by atoms with Crippen LogP contribution in [-0.4, -0.2) is 17.1 Å². The quantitative estimate of drug-likeness (QED) is 0.592. The lowest BCUT2D eigenvalue weighted by atomic mass is 9.94. The first-order chi connectivity index (χ1) is 4.69. The molecule has 0 aromatic rings. The Morgan fingerprint density at radius 2 is 2.30 bits per heavy atom. The topological polar surface area (TPSA) is 29.3 Å². The molecule has 2 heteroatoms. The summed E-state index contributed by atoms with van der Waals surface area (Å²) in [6, 6.07) is 0. The van der Waals surface area contributed by atoms with Crippen molar-refractivity contribution >= 4 is 0 Å². The Labute approximate surface area is 63.4 Å². The Bertz CT molecular complexity index is 114. The fourth-order valence-corrected chi connectivity index (χ4v) is 1.85. The molecule has 0 saturated carbocycles. The van der Waals surface area contributed by atoms with E-state index in [4.69, 9.17) is 5.84 Å². The minimum atomic E-state index is 0.314. The fraction of sp³-hybridized carbons (Fsp3) is 1.00. The highest BCUT2D eigenvalue weighted by molar-refractivity contribution is 4.88. The maximum absolute atomic E-state index is 5.83. The van der Waals surface area contributed by atoms with E-state index in [1.54, 1.807) is 0 Å². The molecule has 0 aliphatic carbocycles. The summed E-state index contributed by atoms with van der Waals surface area (Å²) >= 11 is 0. The van der Waals surface area contributed by atoms with Crippen molar-refractivity contribution in [2.24, 2.45) is 5.84 Å². The third-order valence-corrected chi connectivity index (χ3v) is 2.60. The van der Waals surface area contributed by atoms with Gasteiger partial charge in [-0.2, -0.15) is 0 Å². The number of hydrogen-bond acceptors (Lipinski definition) is 2. The van der Waals surface area contributed by atoms with Gasteiger partial charge >= 0.3 is 0 Å². The maximum atomic E-state index is 5.83. The van der Waals surface area contributed by atoms with Gasteiger partial charge in [0.05, 0.1) is 0 Å². The fourth-order valence-electron chi connectivity index (χ4n) is 1.85. The van der Waals surface area contributed by atoms with Crippen molar-refractivity contribution in [3.8, 4) is 0 Å². The number of rotatable bonds is 2. The van der Waals surface area contributed by atoms with Crippen LogP contribution in [-0.2, 0) is 0 Å². The third-order valence-electron chi connectivity index (χ3n) is 2.60. The summed E-state index contributed by atoms with van der Waals surface area (Å²) in [7, 11) is 0. The second-order valence-corrected chi connectivity index (χ2v) is 3.54. The van der Waals surface area contributed by atoms with Gasteiger partial charge in [0.25, 0.3) is 0 Å². The monoisotopic (exact) mass is 142 g/mol. The van der Waals surface area contributed by atoms with Gasteiger partial charge in [0, 0.05) is 12.1 Å². The summed E-state index contributed by atoms with van der Waals surface area (Å²) in [5.74, 6) is 5.83. The minimum Gasteiger partial charge on any atom is -0.268 e. The predicted octanol–water partition coefficient (Wildman–Crippen LogP) is 1.51. The molecule has 0 radical (unpaired) electrons. The average Bonchev–Trinajstić information content (AvgIpc) is 2.15. The molecule has 1 fully saturated rings. The first kappa shape index (κ1) is 8.02. The summed E-state index contributed by atoms with van der Waals surface area (Å²) in [5.41, 5.74) is 0.314. The van der Waals surface area contributed by atoms with Gasteiger partial charge in [0.2, 0.25) is 0 Å². The van der Waals surface area contributed by atoms with Crippen LogP contribution in [0, 0.1) is 0 Å². The predicted molar refractivity (Wildman–Crippen MR) is 43.4 cm³/mol. The van der Waals surface area contributed by atoms with Crippen LogP contribution in [0.1, 0.15) is 39.5 Å². The molecule has 1 aliphatic rings. The largest absolute Gasteiger partial charge is 0.268 e. The normalized spacial score (nSPS) is 35.1. The highest BCUT2D eigenvalue weighted by Crippen LogP contribution is 2.29. The van der Waals surface area contributed by atoms with E-state index >= 15 is 0 Å². The molecule has 1 atom stereocenters. The second kappa shape index (κ2) is 2.89. The van der Waals surface area contributed by atoms with Gasteiger partial charge < -0.3 is 0 Å². The molecule has 0 amide bonds. The first-order valence-corrected chi connectivity index (χ1v) is 4.21. The molecule has 1 rings (SSSR count). The molecule has 2 N–H and O–H groups in total. The maximum Gasteiger partial charge on any atom is 0.0324 e. The number of hydrogen-bond donors (Lipinski definition) is 1. The molecule has 0 bridgehead atoms.